The van der Waals surface area contributed by atoms with Gasteiger partial charge in [0.15, 0.2) is 11.4 Å². The highest BCUT2D eigenvalue weighted by Crippen LogP contribution is 2.25. The lowest BCUT2D eigenvalue weighted by molar-refractivity contribution is 0.300. The van der Waals surface area contributed by atoms with Crippen molar-refractivity contribution in [1.29, 1.82) is 0 Å². The average molecular weight is 476 g/mol. The monoisotopic (exact) mass is 476 g/mol. The van der Waals surface area contributed by atoms with Gasteiger partial charge in [-0.25, -0.2) is 22.8 Å². The minimum atomic E-state index is -0.595. The lowest BCUT2D eigenvalue weighted by atomic mass is 10.1. The summed E-state index contributed by atoms with van der Waals surface area (Å²) in [6, 6.07) is 14.0. The molecule has 5 aromatic rings. The molecule has 3 aromatic heterocycles. The highest BCUT2D eigenvalue weighted by atomic mass is 19.1. The summed E-state index contributed by atoms with van der Waals surface area (Å²) >= 11 is 0. The van der Waals surface area contributed by atoms with E-state index in [2.05, 4.69) is 10.1 Å². The maximum absolute atomic E-state index is 14.0. The van der Waals surface area contributed by atoms with Crippen LogP contribution in [-0.2, 0) is 6.61 Å². The fourth-order valence-electron chi connectivity index (χ4n) is 3.90. The van der Waals surface area contributed by atoms with E-state index in [1.807, 2.05) is 6.92 Å². The fraction of sp³-hybridized carbons (Fsp3) is 0.115. The van der Waals surface area contributed by atoms with Crippen molar-refractivity contribution < 1.29 is 17.9 Å². The summed E-state index contributed by atoms with van der Waals surface area (Å²) in [5.74, 6) is -1.28. The summed E-state index contributed by atoms with van der Waals surface area (Å²) < 4.78 is 49.5. The van der Waals surface area contributed by atoms with Gasteiger partial charge in [0.25, 0.3) is 5.56 Å². The number of hydrogen-bond acceptors (Lipinski definition) is 4. The van der Waals surface area contributed by atoms with Gasteiger partial charge in [0.05, 0.1) is 16.9 Å². The van der Waals surface area contributed by atoms with Crippen LogP contribution in [0.4, 0.5) is 13.2 Å². The Labute approximate surface area is 197 Å². The van der Waals surface area contributed by atoms with E-state index in [-0.39, 0.29) is 34.9 Å². The number of halogens is 3. The van der Waals surface area contributed by atoms with Gasteiger partial charge in [0.1, 0.15) is 29.8 Å². The maximum Gasteiger partial charge on any atom is 0.267 e. The number of hydrogen-bond donors (Lipinski definition) is 0. The lowest BCUT2D eigenvalue weighted by Crippen LogP contribution is -2.19. The standard InChI is InChI=1S/C26H19F3N4O2/c1-15-12-22(31-33(15)20-8-5-18(27)6-9-20)24-16(2)30-25-23(4-3-11-32(25)26(24)34)35-14-17-13-19(28)7-10-21(17)29/h3-13H,14H2,1-2H3. The molecular formula is C26H19F3N4O2. The van der Waals surface area contributed by atoms with E-state index < -0.39 is 11.6 Å². The van der Waals surface area contributed by atoms with Crippen LogP contribution in [0.2, 0.25) is 0 Å². The predicted molar refractivity (Wildman–Crippen MR) is 124 cm³/mol. The summed E-state index contributed by atoms with van der Waals surface area (Å²) in [5.41, 5.74) is 2.48. The maximum atomic E-state index is 14.0. The smallest absolute Gasteiger partial charge is 0.267 e. The highest BCUT2D eigenvalue weighted by Gasteiger charge is 2.18. The number of aryl methyl sites for hydroxylation is 2. The zero-order valence-corrected chi connectivity index (χ0v) is 18.8. The third kappa shape index (κ3) is 4.16. The van der Waals surface area contributed by atoms with Crippen LogP contribution in [-0.4, -0.2) is 19.2 Å². The van der Waals surface area contributed by atoms with Crippen LogP contribution in [0, 0.1) is 31.3 Å². The van der Waals surface area contributed by atoms with Crippen LogP contribution in [0.3, 0.4) is 0 Å². The first-order chi connectivity index (χ1) is 16.8. The van der Waals surface area contributed by atoms with Gasteiger partial charge in [-0.15, -0.1) is 0 Å². The zero-order valence-electron chi connectivity index (χ0n) is 18.8. The Bertz CT molecular complexity index is 1630. The lowest BCUT2D eigenvalue weighted by Gasteiger charge is -2.12. The number of aromatic nitrogens is 4. The van der Waals surface area contributed by atoms with E-state index in [0.29, 0.717) is 22.6 Å². The number of nitrogens with zero attached hydrogens (tertiary/aromatic N) is 4. The van der Waals surface area contributed by atoms with Crippen molar-refractivity contribution in [3.8, 4) is 22.7 Å². The molecule has 5 rings (SSSR count). The van der Waals surface area contributed by atoms with E-state index in [4.69, 9.17) is 4.74 Å². The molecule has 0 bridgehead atoms. The molecule has 176 valence electrons. The molecule has 6 nitrogen and oxygen atoms in total. The number of benzene rings is 2. The van der Waals surface area contributed by atoms with Gasteiger partial charge >= 0.3 is 0 Å². The Morgan fingerprint density at radius 2 is 1.69 bits per heavy atom. The molecule has 0 aliphatic rings. The second-order valence-corrected chi connectivity index (χ2v) is 8.03. The number of pyridine rings is 1. The number of fused-ring (bicyclic) bond motifs is 1. The molecule has 9 heteroatoms. The first-order valence-corrected chi connectivity index (χ1v) is 10.7. The van der Waals surface area contributed by atoms with E-state index in [1.54, 1.807) is 48.1 Å². The zero-order chi connectivity index (χ0) is 24.7. The molecular weight excluding hydrogens is 457 g/mol. The Balaban J connectivity index is 1.55. The fourth-order valence-corrected chi connectivity index (χ4v) is 3.90. The molecule has 0 saturated carbocycles. The number of ether oxygens (including phenoxy) is 1. The quantitative estimate of drug-likeness (QED) is 0.352. The summed E-state index contributed by atoms with van der Waals surface area (Å²) in [6.45, 7) is 3.28. The van der Waals surface area contributed by atoms with E-state index in [0.717, 1.165) is 23.9 Å². The molecule has 0 saturated heterocycles. The topological polar surface area (TPSA) is 61.4 Å². The van der Waals surface area contributed by atoms with Crippen molar-refractivity contribution in [2.24, 2.45) is 0 Å². The molecule has 0 N–H and O–H groups in total. The highest BCUT2D eigenvalue weighted by molar-refractivity contribution is 5.65. The molecule has 3 heterocycles. The largest absolute Gasteiger partial charge is 0.485 e. The second-order valence-electron chi connectivity index (χ2n) is 8.03. The van der Waals surface area contributed by atoms with Crippen molar-refractivity contribution in [3.63, 3.8) is 0 Å². The first kappa shape index (κ1) is 22.4. The van der Waals surface area contributed by atoms with Crippen molar-refractivity contribution >= 4 is 5.65 Å². The third-order valence-electron chi connectivity index (χ3n) is 5.61. The summed E-state index contributed by atoms with van der Waals surface area (Å²) in [4.78, 5) is 18.0. The molecule has 0 radical (unpaired) electrons. The normalized spacial score (nSPS) is 11.2. The Kier molecular flexibility index (Phi) is 5.60. The van der Waals surface area contributed by atoms with Gasteiger partial charge in [-0.05, 0) is 74.5 Å². The van der Waals surface area contributed by atoms with Gasteiger partial charge in [-0.3, -0.25) is 9.20 Å². The van der Waals surface area contributed by atoms with E-state index in [9.17, 15) is 18.0 Å². The van der Waals surface area contributed by atoms with Gasteiger partial charge < -0.3 is 4.74 Å². The molecule has 0 amide bonds. The van der Waals surface area contributed by atoms with Crippen LogP contribution < -0.4 is 10.3 Å². The van der Waals surface area contributed by atoms with Crippen molar-refractivity contribution in [2.75, 3.05) is 0 Å². The van der Waals surface area contributed by atoms with Gasteiger partial charge in [-0.2, -0.15) is 5.10 Å². The predicted octanol–water partition coefficient (Wildman–Crippen LogP) is 5.16. The molecule has 0 unspecified atom stereocenters. The van der Waals surface area contributed by atoms with Gasteiger partial charge in [0, 0.05) is 17.5 Å². The molecule has 0 atom stereocenters. The minimum absolute atomic E-state index is 0.0458. The van der Waals surface area contributed by atoms with Crippen LogP contribution in [0.25, 0.3) is 22.6 Å². The Hall–Kier alpha value is -4.40. The van der Waals surface area contributed by atoms with E-state index >= 15 is 0 Å². The molecule has 0 spiro atoms. The van der Waals surface area contributed by atoms with E-state index in [1.165, 1.54) is 16.5 Å². The van der Waals surface area contributed by atoms with Crippen LogP contribution >= 0.6 is 0 Å². The first-order valence-electron chi connectivity index (χ1n) is 10.7. The van der Waals surface area contributed by atoms with Crippen molar-refractivity contribution in [3.05, 3.63) is 112 Å². The summed E-state index contributed by atoms with van der Waals surface area (Å²) in [7, 11) is 0. The summed E-state index contributed by atoms with van der Waals surface area (Å²) in [5, 5.41) is 4.56. The van der Waals surface area contributed by atoms with Gasteiger partial charge in [-0.1, -0.05) is 0 Å². The summed E-state index contributed by atoms with van der Waals surface area (Å²) in [6.07, 6.45) is 1.55. The van der Waals surface area contributed by atoms with Crippen molar-refractivity contribution in [2.45, 2.75) is 20.5 Å². The van der Waals surface area contributed by atoms with Crippen LogP contribution in [0.5, 0.6) is 5.75 Å². The molecule has 2 aromatic carbocycles. The molecule has 0 aliphatic carbocycles. The Morgan fingerprint density at radius 1 is 0.943 bits per heavy atom. The number of rotatable bonds is 5. The molecule has 35 heavy (non-hydrogen) atoms. The molecule has 0 fully saturated rings. The average Bonchev–Trinajstić information content (AvgIpc) is 3.21. The van der Waals surface area contributed by atoms with Crippen molar-refractivity contribution in [1.82, 2.24) is 19.2 Å². The van der Waals surface area contributed by atoms with Crippen LogP contribution in [0.15, 0.2) is 71.7 Å². The molecule has 0 aliphatic heterocycles. The third-order valence-corrected chi connectivity index (χ3v) is 5.61. The Morgan fingerprint density at radius 3 is 2.46 bits per heavy atom. The second kappa shape index (κ2) is 8.75. The van der Waals surface area contributed by atoms with Crippen LogP contribution in [0.1, 0.15) is 17.0 Å². The minimum Gasteiger partial charge on any atom is -0.485 e. The SMILES string of the molecule is Cc1nc2c(OCc3cc(F)ccc3F)cccn2c(=O)c1-c1cc(C)n(-c2ccc(F)cc2)n1. The van der Waals surface area contributed by atoms with Gasteiger partial charge in [0.2, 0.25) is 0 Å².